The van der Waals surface area contributed by atoms with E-state index < -0.39 is 0 Å². The van der Waals surface area contributed by atoms with Crippen molar-refractivity contribution in [2.75, 3.05) is 6.61 Å². The summed E-state index contributed by atoms with van der Waals surface area (Å²) in [7, 11) is 0. The Labute approximate surface area is 116 Å². The van der Waals surface area contributed by atoms with Crippen molar-refractivity contribution < 1.29 is 9.90 Å². The third-order valence-corrected chi connectivity index (χ3v) is 3.71. The van der Waals surface area contributed by atoms with Crippen molar-refractivity contribution in [1.82, 2.24) is 5.32 Å². The van der Waals surface area contributed by atoms with Gasteiger partial charge in [0.2, 0.25) is 5.91 Å². The number of amides is 1. The highest BCUT2D eigenvalue weighted by Gasteiger charge is 2.26. The van der Waals surface area contributed by atoms with Crippen molar-refractivity contribution in [1.29, 1.82) is 0 Å². The molecule has 106 valence electrons. The lowest BCUT2D eigenvalue weighted by Gasteiger charge is -2.25. The molecule has 0 aliphatic carbocycles. The number of benzene rings is 1. The van der Waals surface area contributed by atoms with Crippen molar-refractivity contribution in [3.8, 4) is 0 Å². The maximum absolute atomic E-state index is 12.5. The molecule has 0 aliphatic heterocycles. The normalized spacial score (nSPS) is 15.6. The Kier molecular flexibility index (Phi) is 6.57. The monoisotopic (exact) mass is 263 g/mol. The van der Waals surface area contributed by atoms with Gasteiger partial charge in [0.25, 0.3) is 0 Å². The maximum Gasteiger partial charge on any atom is 0.228 e. The Morgan fingerprint density at radius 1 is 1.21 bits per heavy atom. The molecule has 3 heteroatoms. The summed E-state index contributed by atoms with van der Waals surface area (Å²) in [4.78, 5) is 12.5. The molecule has 3 nitrogen and oxygen atoms in total. The summed E-state index contributed by atoms with van der Waals surface area (Å²) < 4.78 is 0. The lowest BCUT2D eigenvalue weighted by atomic mass is 9.84. The third-order valence-electron chi connectivity index (χ3n) is 3.71. The molecule has 1 aromatic rings. The molecule has 0 bridgehead atoms. The van der Waals surface area contributed by atoms with Gasteiger partial charge in [-0.1, -0.05) is 57.5 Å². The summed E-state index contributed by atoms with van der Waals surface area (Å²) in [5.74, 6) is 0.145. The van der Waals surface area contributed by atoms with Crippen LogP contribution < -0.4 is 5.32 Å². The van der Waals surface area contributed by atoms with E-state index in [1.165, 1.54) is 0 Å². The fourth-order valence-corrected chi connectivity index (χ4v) is 2.20. The fourth-order valence-electron chi connectivity index (χ4n) is 2.20. The van der Waals surface area contributed by atoms with Crippen LogP contribution >= 0.6 is 0 Å². The van der Waals surface area contributed by atoms with E-state index in [0.29, 0.717) is 0 Å². The largest absolute Gasteiger partial charge is 0.394 e. The predicted molar refractivity (Wildman–Crippen MR) is 77.9 cm³/mol. The first kappa shape index (κ1) is 15.7. The van der Waals surface area contributed by atoms with Gasteiger partial charge in [-0.25, -0.2) is 0 Å². The van der Waals surface area contributed by atoms with Gasteiger partial charge in [0.05, 0.1) is 18.6 Å². The van der Waals surface area contributed by atoms with Gasteiger partial charge >= 0.3 is 0 Å². The Balaban J connectivity index is 2.89. The average Bonchev–Trinajstić information content (AvgIpc) is 2.45. The minimum Gasteiger partial charge on any atom is -0.394 e. The van der Waals surface area contributed by atoms with E-state index in [-0.39, 0.29) is 30.4 Å². The van der Waals surface area contributed by atoms with E-state index in [1.807, 2.05) is 37.3 Å². The smallest absolute Gasteiger partial charge is 0.228 e. The number of rotatable bonds is 7. The molecule has 2 N–H and O–H groups in total. The fraction of sp³-hybridized carbons (Fsp3) is 0.562. The van der Waals surface area contributed by atoms with Gasteiger partial charge in [-0.3, -0.25) is 4.79 Å². The van der Waals surface area contributed by atoms with Crippen molar-refractivity contribution in [3.63, 3.8) is 0 Å². The van der Waals surface area contributed by atoms with Crippen LogP contribution in [0.1, 0.15) is 45.1 Å². The van der Waals surface area contributed by atoms with Crippen LogP contribution in [0.4, 0.5) is 0 Å². The molecule has 0 heterocycles. The third kappa shape index (κ3) is 4.35. The van der Waals surface area contributed by atoms with Crippen LogP contribution in [0.25, 0.3) is 0 Å². The number of hydrogen-bond donors (Lipinski definition) is 2. The van der Waals surface area contributed by atoms with Gasteiger partial charge in [0.1, 0.15) is 0 Å². The summed E-state index contributed by atoms with van der Waals surface area (Å²) in [6.07, 6.45) is 1.69. The predicted octanol–water partition coefficient (Wildman–Crippen LogP) is 2.70. The zero-order valence-electron chi connectivity index (χ0n) is 12.1. The quantitative estimate of drug-likeness (QED) is 0.794. The summed E-state index contributed by atoms with van der Waals surface area (Å²) in [5, 5.41) is 12.1. The zero-order chi connectivity index (χ0) is 14.3. The second-order valence-corrected chi connectivity index (χ2v) is 5.07. The van der Waals surface area contributed by atoms with Crippen molar-refractivity contribution in [2.24, 2.45) is 5.92 Å². The average molecular weight is 263 g/mol. The SMILES string of the molecule is CCC(C)C(C(=O)N[C@H](CC)CO)c1ccccc1. The highest BCUT2D eigenvalue weighted by atomic mass is 16.3. The van der Waals surface area contributed by atoms with Gasteiger partial charge in [0.15, 0.2) is 0 Å². The molecule has 0 saturated heterocycles. The van der Waals surface area contributed by atoms with Gasteiger partial charge in [0, 0.05) is 0 Å². The number of aliphatic hydroxyl groups excluding tert-OH is 1. The summed E-state index contributed by atoms with van der Waals surface area (Å²) in [6.45, 7) is 6.14. The number of carbonyl (C=O) groups excluding carboxylic acids is 1. The minimum atomic E-state index is -0.150. The molecule has 1 rings (SSSR count). The van der Waals surface area contributed by atoms with Crippen LogP contribution in [0.5, 0.6) is 0 Å². The highest BCUT2D eigenvalue weighted by Crippen LogP contribution is 2.27. The maximum atomic E-state index is 12.5. The molecular weight excluding hydrogens is 238 g/mol. The molecule has 2 unspecified atom stereocenters. The van der Waals surface area contributed by atoms with Crippen LogP contribution in [0.3, 0.4) is 0 Å². The van der Waals surface area contributed by atoms with E-state index in [4.69, 9.17) is 0 Å². The molecule has 0 spiro atoms. The molecule has 0 radical (unpaired) electrons. The first-order valence-electron chi connectivity index (χ1n) is 7.10. The summed E-state index contributed by atoms with van der Waals surface area (Å²) in [5.41, 5.74) is 1.04. The Bertz CT molecular complexity index is 374. The molecular formula is C16H25NO2. The lowest BCUT2D eigenvalue weighted by Crippen LogP contribution is -2.41. The van der Waals surface area contributed by atoms with Crippen LogP contribution in [-0.2, 0) is 4.79 Å². The Hall–Kier alpha value is -1.35. The van der Waals surface area contributed by atoms with Gasteiger partial charge in [-0.2, -0.15) is 0 Å². The minimum absolute atomic E-state index is 0.00967. The molecule has 3 atom stereocenters. The zero-order valence-corrected chi connectivity index (χ0v) is 12.1. The van der Waals surface area contributed by atoms with E-state index in [9.17, 15) is 9.90 Å². The number of hydrogen-bond acceptors (Lipinski definition) is 2. The van der Waals surface area contributed by atoms with Crippen LogP contribution in [-0.4, -0.2) is 23.7 Å². The molecule has 0 saturated carbocycles. The topological polar surface area (TPSA) is 49.3 Å². The summed E-state index contributed by atoms with van der Waals surface area (Å²) >= 11 is 0. The van der Waals surface area contributed by atoms with Crippen molar-refractivity contribution in [2.45, 2.75) is 45.6 Å². The number of aliphatic hydroxyl groups is 1. The molecule has 19 heavy (non-hydrogen) atoms. The first-order chi connectivity index (χ1) is 9.13. The Morgan fingerprint density at radius 2 is 1.84 bits per heavy atom. The second-order valence-electron chi connectivity index (χ2n) is 5.07. The molecule has 0 aliphatic rings. The highest BCUT2D eigenvalue weighted by molar-refractivity contribution is 5.84. The van der Waals surface area contributed by atoms with Gasteiger partial charge in [-0.05, 0) is 17.9 Å². The van der Waals surface area contributed by atoms with Crippen molar-refractivity contribution in [3.05, 3.63) is 35.9 Å². The first-order valence-corrected chi connectivity index (χ1v) is 7.10. The van der Waals surface area contributed by atoms with Crippen LogP contribution in [0, 0.1) is 5.92 Å². The van der Waals surface area contributed by atoms with Crippen molar-refractivity contribution >= 4 is 5.91 Å². The second kappa shape index (κ2) is 7.95. The Morgan fingerprint density at radius 3 is 2.32 bits per heavy atom. The molecule has 1 aromatic carbocycles. The molecule has 0 aromatic heterocycles. The van der Waals surface area contributed by atoms with E-state index >= 15 is 0 Å². The van der Waals surface area contributed by atoms with E-state index in [2.05, 4.69) is 19.2 Å². The van der Waals surface area contributed by atoms with Gasteiger partial charge < -0.3 is 10.4 Å². The molecule has 0 fully saturated rings. The van der Waals surface area contributed by atoms with Gasteiger partial charge in [-0.15, -0.1) is 0 Å². The number of nitrogens with one attached hydrogen (secondary N) is 1. The summed E-state index contributed by atoms with van der Waals surface area (Å²) in [6, 6.07) is 9.72. The van der Waals surface area contributed by atoms with Crippen LogP contribution in [0.2, 0.25) is 0 Å². The van der Waals surface area contributed by atoms with E-state index in [1.54, 1.807) is 0 Å². The standard InChI is InChI=1S/C16H25NO2/c1-4-12(3)15(13-9-7-6-8-10-13)16(19)17-14(5-2)11-18/h6-10,12,14-15,18H,4-5,11H2,1-3H3,(H,17,19)/t12?,14-,15?/m1/s1. The molecule has 1 amide bonds. The number of carbonyl (C=O) groups is 1. The van der Waals surface area contributed by atoms with E-state index in [0.717, 1.165) is 18.4 Å². The van der Waals surface area contributed by atoms with Crippen LogP contribution in [0.15, 0.2) is 30.3 Å². The lowest BCUT2D eigenvalue weighted by molar-refractivity contribution is -0.124.